The molecule has 21 heavy (non-hydrogen) atoms. The molecule has 2 aliphatic heterocycles. The van der Waals surface area contributed by atoms with Gasteiger partial charge in [0.2, 0.25) is 0 Å². The Hall–Kier alpha value is -0.260. The highest BCUT2D eigenvalue weighted by Crippen LogP contribution is 2.56. The number of carboxylic acid groups (broad SMARTS) is 1. The van der Waals surface area contributed by atoms with Crippen molar-refractivity contribution in [3.8, 4) is 0 Å². The van der Waals surface area contributed by atoms with Crippen LogP contribution < -0.4 is 0 Å². The molecule has 0 aromatic carbocycles. The van der Waals surface area contributed by atoms with Crippen LogP contribution in [0.3, 0.4) is 0 Å². The number of thioether (sulfide) groups is 1. The number of methoxy groups -OCH3 is 2. The Morgan fingerprint density at radius 3 is 2.48 bits per heavy atom. The maximum Gasteiger partial charge on any atom is 0.303 e. The van der Waals surface area contributed by atoms with Crippen molar-refractivity contribution in [2.75, 3.05) is 14.2 Å². The number of fused-ring (bicyclic) bond motifs is 2. The van der Waals surface area contributed by atoms with Crippen LogP contribution in [0.4, 0.5) is 0 Å². The van der Waals surface area contributed by atoms with Gasteiger partial charge in [0.15, 0.2) is 6.29 Å². The SMILES string of the molecule is COC(OC)C1C2CCC(S2)C1CCCCCCC(=O)O. The summed E-state index contributed by atoms with van der Waals surface area (Å²) >= 11 is 2.14. The number of unbranched alkanes of at least 4 members (excludes halogenated alkanes) is 3. The maximum atomic E-state index is 10.5. The molecule has 0 saturated carbocycles. The van der Waals surface area contributed by atoms with E-state index in [0.29, 0.717) is 23.5 Å². The van der Waals surface area contributed by atoms with Gasteiger partial charge in [0.1, 0.15) is 0 Å². The highest BCUT2D eigenvalue weighted by atomic mass is 32.2. The van der Waals surface area contributed by atoms with E-state index in [4.69, 9.17) is 14.6 Å². The largest absolute Gasteiger partial charge is 0.481 e. The third-order valence-electron chi connectivity index (χ3n) is 4.94. The van der Waals surface area contributed by atoms with Crippen molar-refractivity contribution in [3.05, 3.63) is 0 Å². The predicted octanol–water partition coefficient (Wildman–Crippen LogP) is 3.54. The van der Waals surface area contributed by atoms with Gasteiger partial charge in [-0.3, -0.25) is 4.79 Å². The van der Waals surface area contributed by atoms with Crippen LogP contribution in [0.15, 0.2) is 0 Å². The third-order valence-corrected chi connectivity index (χ3v) is 6.78. The Morgan fingerprint density at radius 1 is 1.14 bits per heavy atom. The van der Waals surface area contributed by atoms with Gasteiger partial charge in [0.25, 0.3) is 0 Å². The smallest absolute Gasteiger partial charge is 0.303 e. The van der Waals surface area contributed by atoms with Gasteiger partial charge in [-0.25, -0.2) is 0 Å². The minimum atomic E-state index is -0.678. The molecule has 4 atom stereocenters. The summed E-state index contributed by atoms with van der Waals surface area (Å²) in [6, 6.07) is 0. The van der Waals surface area contributed by atoms with Crippen molar-refractivity contribution in [1.29, 1.82) is 0 Å². The highest BCUT2D eigenvalue weighted by Gasteiger charge is 2.51. The van der Waals surface area contributed by atoms with E-state index in [9.17, 15) is 4.79 Å². The molecule has 2 heterocycles. The van der Waals surface area contributed by atoms with Crippen LogP contribution in [-0.4, -0.2) is 42.1 Å². The minimum Gasteiger partial charge on any atom is -0.481 e. The molecule has 0 aromatic rings. The van der Waals surface area contributed by atoms with E-state index >= 15 is 0 Å². The summed E-state index contributed by atoms with van der Waals surface area (Å²) in [4.78, 5) is 10.5. The summed E-state index contributed by atoms with van der Waals surface area (Å²) in [5, 5.41) is 10.1. The van der Waals surface area contributed by atoms with Gasteiger partial charge in [-0.05, 0) is 31.6 Å². The summed E-state index contributed by atoms with van der Waals surface area (Å²) in [5.74, 6) is 0.559. The Labute approximate surface area is 132 Å². The molecule has 2 saturated heterocycles. The highest BCUT2D eigenvalue weighted by molar-refractivity contribution is 8.01. The van der Waals surface area contributed by atoms with Crippen LogP contribution in [-0.2, 0) is 14.3 Å². The zero-order valence-corrected chi connectivity index (χ0v) is 13.9. The minimum absolute atomic E-state index is 0.0650. The molecule has 0 amide bonds. The Morgan fingerprint density at radius 2 is 1.81 bits per heavy atom. The van der Waals surface area contributed by atoms with Crippen LogP contribution in [0.2, 0.25) is 0 Å². The van der Waals surface area contributed by atoms with Crippen molar-refractivity contribution in [1.82, 2.24) is 0 Å². The molecule has 0 aromatic heterocycles. The van der Waals surface area contributed by atoms with E-state index in [-0.39, 0.29) is 6.29 Å². The number of aliphatic carboxylic acids is 1. The topological polar surface area (TPSA) is 55.8 Å². The van der Waals surface area contributed by atoms with Crippen LogP contribution >= 0.6 is 11.8 Å². The van der Waals surface area contributed by atoms with Gasteiger partial charge in [0, 0.05) is 37.1 Å². The first-order valence-corrected chi connectivity index (χ1v) is 9.04. The first kappa shape index (κ1) is 17.1. The van der Waals surface area contributed by atoms with Gasteiger partial charge in [-0.1, -0.05) is 19.3 Å². The molecule has 4 nitrogen and oxygen atoms in total. The van der Waals surface area contributed by atoms with Crippen molar-refractivity contribution in [2.45, 2.75) is 68.2 Å². The molecule has 122 valence electrons. The Kier molecular flexibility index (Phi) is 6.83. The molecule has 2 rings (SSSR count). The lowest BCUT2D eigenvalue weighted by Crippen LogP contribution is -2.38. The fraction of sp³-hybridized carbons (Fsp3) is 0.938. The number of rotatable bonds is 10. The fourth-order valence-corrected chi connectivity index (χ4v) is 6.01. The van der Waals surface area contributed by atoms with Crippen LogP contribution in [0.1, 0.15) is 51.4 Å². The maximum absolute atomic E-state index is 10.5. The van der Waals surface area contributed by atoms with Crippen molar-refractivity contribution in [3.63, 3.8) is 0 Å². The van der Waals surface area contributed by atoms with Gasteiger partial charge in [0.05, 0.1) is 0 Å². The molecule has 2 bridgehead atoms. The predicted molar refractivity (Wildman–Crippen MR) is 84.5 cm³/mol. The molecule has 5 heteroatoms. The van der Waals surface area contributed by atoms with E-state index in [1.807, 2.05) is 0 Å². The molecule has 4 unspecified atom stereocenters. The molecule has 2 fully saturated rings. The van der Waals surface area contributed by atoms with Gasteiger partial charge in [-0.15, -0.1) is 0 Å². The zero-order valence-electron chi connectivity index (χ0n) is 13.1. The number of carboxylic acids is 1. The van der Waals surface area contributed by atoms with E-state index in [1.54, 1.807) is 14.2 Å². The number of carbonyl (C=O) groups is 1. The van der Waals surface area contributed by atoms with Gasteiger partial charge < -0.3 is 14.6 Å². The van der Waals surface area contributed by atoms with E-state index in [1.165, 1.54) is 25.7 Å². The number of hydrogen-bond acceptors (Lipinski definition) is 4. The lowest BCUT2D eigenvalue weighted by molar-refractivity contribution is -0.151. The Bertz CT molecular complexity index is 332. The van der Waals surface area contributed by atoms with Crippen LogP contribution in [0.25, 0.3) is 0 Å². The number of hydrogen-bond donors (Lipinski definition) is 1. The summed E-state index contributed by atoms with van der Waals surface area (Å²) in [6.45, 7) is 0. The quantitative estimate of drug-likeness (QED) is 0.493. The third kappa shape index (κ3) is 4.36. The summed E-state index contributed by atoms with van der Waals surface area (Å²) in [5.41, 5.74) is 0. The lowest BCUT2D eigenvalue weighted by Gasteiger charge is -2.34. The molecular formula is C16H28O4S. The summed E-state index contributed by atoms with van der Waals surface area (Å²) in [6.07, 6.45) is 8.30. The second kappa shape index (κ2) is 8.39. The normalized spacial score (nSPS) is 31.2. The molecular weight excluding hydrogens is 288 g/mol. The van der Waals surface area contributed by atoms with Gasteiger partial charge in [-0.2, -0.15) is 11.8 Å². The molecule has 1 N–H and O–H groups in total. The first-order valence-electron chi connectivity index (χ1n) is 8.10. The van der Waals surface area contributed by atoms with Crippen LogP contribution in [0, 0.1) is 11.8 Å². The zero-order chi connectivity index (χ0) is 15.2. The average Bonchev–Trinajstić information content (AvgIpc) is 3.05. The monoisotopic (exact) mass is 316 g/mol. The summed E-state index contributed by atoms with van der Waals surface area (Å²) in [7, 11) is 3.49. The second-order valence-corrected chi connectivity index (χ2v) is 7.70. The first-order chi connectivity index (χ1) is 10.2. The average molecular weight is 316 g/mol. The van der Waals surface area contributed by atoms with Gasteiger partial charge >= 0.3 is 5.97 Å². The van der Waals surface area contributed by atoms with Crippen molar-refractivity contribution >= 4 is 17.7 Å². The fourth-order valence-electron chi connectivity index (χ4n) is 3.99. The lowest BCUT2D eigenvalue weighted by atomic mass is 9.76. The molecule has 0 radical (unpaired) electrons. The van der Waals surface area contributed by atoms with E-state index < -0.39 is 5.97 Å². The van der Waals surface area contributed by atoms with Crippen LogP contribution in [0.5, 0.6) is 0 Å². The molecule has 2 aliphatic rings. The standard InChI is InChI=1S/C16H28O4S/c1-19-16(20-2)15-11(12-9-10-13(15)21-12)7-5-3-4-6-8-14(17)18/h11-13,15-16H,3-10H2,1-2H3,(H,17,18). The molecule has 0 spiro atoms. The second-order valence-electron chi connectivity index (χ2n) is 6.22. The number of ether oxygens (including phenoxy) is 2. The van der Waals surface area contributed by atoms with Crippen molar-refractivity contribution in [2.24, 2.45) is 11.8 Å². The van der Waals surface area contributed by atoms with E-state index in [2.05, 4.69) is 11.8 Å². The van der Waals surface area contributed by atoms with E-state index in [0.717, 1.165) is 24.5 Å². The Balaban J connectivity index is 1.74. The molecule has 0 aliphatic carbocycles. The van der Waals surface area contributed by atoms with Crippen molar-refractivity contribution < 1.29 is 19.4 Å². The summed E-state index contributed by atoms with van der Waals surface area (Å²) < 4.78 is 11.1.